The molecule has 2 atom stereocenters. The summed E-state index contributed by atoms with van der Waals surface area (Å²) in [7, 11) is 0. The topological polar surface area (TPSA) is 86.7 Å². The minimum Gasteiger partial charge on any atom is -0.481 e. The van der Waals surface area contributed by atoms with E-state index >= 15 is 0 Å². The van der Waals surface area contributed by atoms with E-state index in [1.807, 2.05) is 0 Å². The Morgan fingerprint density at radius 2 is 2.13 bits per heavy atom. The third-order valence-electron chi connectivity index (χ3n) is 3.57. The molecule has 1 heterocycles. The number of carboxylic acids is 1. The van der Waals surface area contributed by atoms with Crippen molar-refractivity contribution < 1.29 is 28.3 Å². The molecule has 0 radical (unpaired) electrons. The van der Waals surface area contributed by atoms with E-state index in [1.54, 1.807) is 6.92 Å². The summed E-state index contributed by atoms with van der Waals surface area (Å²) >= 11 is 0. The van der Waals surface area contributed by atoms with Crippen molar-refractivity contribution in [3.8, 4) is 0 Å². The summed E-state index contributed by atoms with van der Waals surface area (Å²) in [5, 5.41) is 11.2. The highest BCUT2D eigenvalue weighted by molar-refractivity contribution is 6.00. The average Bonchev–Trinajstić information content (AvgIpc) is 2.80. The van der Waals surface area contributed by atoms with Gasteiger partial charge in [-0.2, -0.15) is 0 Å². The number of benzene rings is 1. The Bertz CT molecular complexity index is 650. The van der Waals surface area contributed by atoms with E-state index in [2.05, 4.69) is 5.32 Å². The minimum absolute atomic E-state index is 0.0347. The molecular weight excluding hydrogens is 310 g/mol. The van der Waals surface area contributed by atoms with Crippen molar-refractivity contribution in [2.24, 2.45) is 5.92 Å². The molecule has 8 heteroatoms. The molecular formula is C15H16F2N2O4. The minimum atomic E-state index is -1.05. The molecule has 124 valence electrons. The van der Waals surface area contributed by atoms with E-state index in [1.165, 1.54) is 0 Å². The van der Waals surface area contributed by atoms with Gasteiger partial charge in [-0.05, 0) is 19.1 Å². The number of carbonyl (C=O) groups is 3. The Hall–Kier alpha value is -2.51. The summed E-state index contributed by atoms with van der Waals surface area (Å²) < 4.78 is 26.7. The Labute approximate surface area is 131 Å². The second kappa shape index (κ2) is 6.72. The monoisotopic (exact) mass is 326 g/mol. The second-order valence-electron chi connectivity index (χ2n) is 5.51. The number of nitrogens with one attached hydrogen (secondary N) is 1. The van der Waals surface area contributed by atoms with Crippen LogP contribution >= 0.6 is 0 Å². The average molecular weight is 326 g/mol. The molecule has 1 aliphatic rings. The van der Waals surface area contributed by atoms with E-state index in [0.717, 1.165) is 17.0 Å². The summed E-state index contributed by atoms with van der Waals surface area (Å²) in [6.45, 7) is 1.51. The van der Waals surface area contributed by atoms with Crippen LogP contribution in [0.15, 0.2) is 18.2 Å². The first-order valence-electron chi connectivity index (χ1n) is 7.05. The van der Waals surface area contributed by atoms with Crippen molar-refractivity contribution in [1.82, 2.24) is 5.32 Å². The van der Waals surface area contributed by atoms with Gasteiger partial charge in [0.05, 0.1) is 18.0 Å². The predicted molar refractivity (Wildman–Crippen MR) is 76.7 cm³/mol. The summed E-state index contributed by atoms with van der Waals surface area (Å²) in [5.41, 5.74) is -0.0784. The van der Waals surface area contributed by atoms with Gasteiger partial charge in [-0.15, -0.1) is 0 Å². The Morgan fingerprint density at radius 3 is 2.74 bits per heavy atom. The molecule has 0 spiro atoms. The lowest BCUT2D eigenvalue weighted by molar-refractivity contribution is -0.137. The first-order valence-corrected chi connectivity index (χ1v) is 7.05. The number of hydrogen-bond donors (Lipinski definition) is 2. The number of carbonyl (C=O) groups excluding carboxylic acids is 2. The fourth-order valence-corrected chi connectivity index (χ4v) is 2.49. The molecule has 23 heavy (non-hydrogen) atoms. The van der Waals surface area contributed by atoms with Crippen LogP contribution in [0, 0.1) is 17.6 Å². The zero-order chi connectivity index (χ0) is 17.1. The first-order chi connectivity index (χ1) is 10.8. The third-order valence-corrected chi connectivity index (χ3v) is 3.57. The highest BCUT2D eigenvalue weighted by Crippen LogP contribution is 2.28. The molecule has 6 nitrogen and oxygen atoms in total. The summed E-state index contributed by atoms with van der Waals surface area (Å²) in [6, 6.07) is 2.28. The molecule has 0 saturated carbocycles. The molecule has 1 aromatic carbocycles. The zero-order valence-electron chi connectivity index (χ0n) is 12.4. The molecule has 1 fully saturated rings. The van der Waals surface area contributed by atoms with Crippen molar-refractivity contribution in [2.75, 3.05) is 11.4 Å². The second-order valence-corrected chi connectivity index (χ2v) is 5.51. The Morgan fingerprint density at radius 1 is 1.43 bits per heavy atom. The molecule has 2 unspecified atom stereocenters. The Kier molecular flexibility index (Phi) is 4.92. The van der Waals surface area contributed by atoms with Crippen LogP contribution in [0.1, 0.15) is 19.8 Å². The van der Waals surface area contributed by atoms with Crippen LogP contribution in [0.3, 0.4) is 0 Å². The number of anilines is 1. The van der Waals surface area contributed by atoms with Crippen molar-refractivity contribution in [3.63, 3.8) is 0 Å². The number of rotatable bonds is 5. The third kappa shape index (κ3) is 4.02. The lowest BCUT2D eigenvalue weighted by Crippen LogP contribution is -2.39. The summed E-state index contributed by atoms with van der Waals surface area (Å²) in [5.74, 6) is -4.29. The fourth-order valence-electron chi connectivity index (χ4n) is 2.49. The van der Waals surface area contributed by atoms with Crippen LogP contribution in [-0.2, 0) is 14.4 Å². The van der Waals surface area contributed by atoms with Crippen molar-refractivity contribution in [3.05, 3.63) is 29.8 Å². The van der Waals surface area contributed by atoms with E-state index < -0.39 is 41.4 Å². The zero-order valence-corrected chi connectivity index (χ0v) is 12.4. The highest BCUT2D eigenvalue weighted by atomic mass is 19.1. The molecule has 0 aromatic heterocycles. The normalized spacial score (nSPS) is 18.8. The van der Waals surface area contributed by atoms with E-state index in [9.17, 15) is 23.2 Å². The lowest BCUT2D eigenvalue weighted by Gasteiger charge is -2.18. The van der Waals surface area contributed by atoms with Gasteiger partial charge in [0, 0.05) is 25.1 Å². The largest absolute Gasteiger partial charge is 0.481 e. The number of hydrogen-bond acceptors (Lipinski definition) is 3. The maximum absolute atomic E-state index is 13.8. The van der Waals surface area contributed by atoms with E-state index in [0.29, 0.717) is 6.07 Å². The molecule has 0 bridgehead atoms. The maximum atomic E-state index is 13.8. The highest BCUT2D eigenvalue weighted by Gasteiger charge is 2.36. The Balaban J connectivity index is 2.04. The van der Waals surface area contributed by atoms with Gasteiger partial charge in [0.1, 0.15) is 11.6 Å². The summed E-state index contributed by atoms with van der Waals surface area (Å²) in [4.78, 5) is 35.7. The number of halogens is 2. The quantitative estimate of drug-likeness (QED) is 0.854. The van der Waals surface area contributed by atoms with Gasteiger partial charge < -0.3 is 15.3 Å². The standard InChI is InChI=1S/C15H16F2N2O4/c1-8(4-14(21)22)18-15(23)9-5-13(20)19(7-9)12-3-2-10(16)6-11(12)17/h2-3,6,8-9H,4-5,7H2,1H3,(H,18,23)(H,21,22). The number of nitrogens with zero attached hydrogens (tertiary/aromatic N) is 1. The van der Waals surface area contributed by atoms with Crippen LogP contribution in [0.2, 0.25) is 0 Å². The number of carboxylic acid groups (broad SMARTS) is 1. The molecule has 2 N–H and O–H groups in total. The van der Waals surface area contributed by atoms with E-state index in [4.69, 9.17) is 5.11 Å². The fraction of sp³-hybridized carbons (Fsp3) is 0.400. The molecule has 1 aromatic rings. The van der Waals surface area contributed by atoms with Gasteiger partial charge in [0.15, 0.2) is 0 Å². The summed E-state index contributed by atoms with van der Waals surface area (Å²) in [6.07, 6.45) is -0.342. The molecule has 0 aliphatic carbocycles. The van der Waals surface area contributed by atoms with Crippen LogP contribution < -0.4 is 10.2 Å². The van der Waals surface area contributed by atoms with Crippen molar-refractivity contribution >= 4 is 23.5 Å². The molecule has 1 saturated heterocycles. The lowest BCUT2D eigenvalue weighted by atomic mass is 10.1. The van der Waals surface area contributed by atoms with Gasteiger partial charge in [-0.1, -0.05) is 0 Å². The SMILES string of the molecule is CC(CC(=O)O)NC(=O)C1CC(=O)N(c2ccc(F)cc2F)C1. The van der Waals surface area contributed by atoms with Crippen LogP contribution in [-0.4, -0.2) is 35.5 Å². The van der Waals surface area contributed by atoms with Crippen LogP contribution in [0.25, 0.3) is 0 Å². The maximum Gasteiger partial charge on any atom is 0.305 e. The predicted octanol–water partition coefficient (Wildman–Crippen LogP) is 1.30. The first kappa shape index (κ1) is 16.9. The molecule has 2 rings (SSSR count). The van der Waals surface area contributed by atoms with Gasteiger partial charge >= 0.3 is 5.97 Å². The van der Waals surface area contributed by atoms with E-state index in [-0.39, 0.29) is 25.1 Å². The van der Waals surface area contributed by atoms with Gasteiger partial charge in [0.25, 0.3) is 0 Å². The van der Waals surface area contributed by atoms with Gasteiger partial charge in [0.2, 0.25) is 11.8 Å². The van der Waals surface area contributed by atoms with Crippen molar-refractivity contribution in [1.29, 1.82) is 0 Å². The van der Waals surface area contributed by atoms with Gasteiger partial charge in [-0.3, -0.25) is 14.4 Å². The number of aliphatic carboxylic acids is 1. The van der Waals surface area contributed by atoms with Gasteiger partial charge in [-0.25, -0.2) is 8.78 Å². The molecule has 1 aliphatic heterocycles. The van der Waals surface area contributed by atoms with Crippen LogP contribution in [0.5, 0.6) is 0 Å². The smallest absolute Gasteiger partial charge is 0.305 e. The van der Waals surface area contributed by atoms with Crippen molar-refractivity contribution in [2.45, 2.75) is 25.8 Å². The molecule has 2 amide bonds. The van der Waals surface area contributed by atoms with Crippen LogP contribution in [0.4, 0.5) is 14.5 Å². The number of amides is 2.